The Kier molecular flexibility index (Phi) is 4.32. The molecule has 6 heteroatoms. The molecule has 0 aliphatic heterocycles. The van der Waals surface area contributed by atoms with Crippen LogP contribution in [0, 0.1) is 0 Å². The summed E-state index contributed by atoms with van der Waals surface area (Å²) in [6.07, 6.45) is 2.85. The maximum absolute atomic E-state index is 12.8. The fourth-order valence-corrected chi connectivity index (χ4v) is 3.69. The van der Waals surface area contributed by atoms with Crippen LogP contribution in [0.2, 0.25) is 0 Å². The molecule has 0 saturated heterocycles. The lowest BCUT2D eigenvalue weighted by Gasteiger charge is -2.40. The molecule has 3 rings (SSSR count). The summed E-state index contributed by atoms with van der Waals surface area (Å²) in [6.45, 7) is 4.14. The number of hydrogen-bond acceptors (Lipinski definition) is 4. The van der Waals surface area contributed by atoms with Crippen LogP contribution < -0.4 is 5.32 Å². The Morgan fingerprint density at radius 2 is 1.95 bits per heavy atom. The molecule has 116 valence electrons. The van der Waals surface area contributed by atoms with Gasteiger partial charge in [-0.05, 0) is 30.5 Å². The van der Waals surface area contributed by atoms with E-state index in [0.717, 1.165) is 34.3 Å². The maximum atomic E-state index is 12.8. The summed E-state index contributed by atoms with van der Waals surface area (Å²) >= 11 is 4.90. The van der Waals surface area contributed by atoms with E-state index < -0.39 is 5.41 Å². The zero-order valence-corrected chi connectivity index (χ0v) is 15.0. The molecule has 1 saturated carbocycles. The fourth-order valence-electron chi connectivity index (χ4n) is 2.68. The molecule has 0 spiro atoms. The van der Waals surface area contributed by atoms with Crippen LogP contribution in [0.4, 0.5) is 5.13 Å². The van der Waals surface area contributed by atoms with E-state index in [1.54, 1.807) is 0 Å². The number of carbonyl (C=O) groups is 1. The third kappa shape index (κ3) is 2.82. The molecule has 1 aliphatic carbocycles. The van der Waals surface area contributed by atoms with Crippen molar-refractivity contribution < 1.29 is 4.79 Å². The molecule has 22 heavy (non-hydrogen) atoms. The Bertz CT molecular complexity index is 677. The fraction of sp³-hybridized carbons (Fsp3) is 0.438. The molecule has 4 nitrogen and oxygen atoms in total. The second kappa shape index (κ2) is 6.08. The van der Waals surface area contributed by atoms with Gasteiger partial charge in [-0.3, -0.25) is 10.1 Å². The molecule has 0 atom stereocenters. The average Bonchev–Trinajstić information content (AvgIpc) is 2.88. The lowest BCUT2D eigenvalue weighted by atomic mass is 9.64. The van der Waals surface area contributed by atoms with Gasteiger partial charge < -0.3 is 0 Å². The third-order valence-corrected chi connectivity index (χ3v) is 5.86. The monoisotopic (exact) mass is 379 g/mol. The van der Waals surface area contributed by atoms with Gasteiger partial charge in [0, 0.05) is 10.4 Å². The van der Waals surface area contributed by atoms with Crippen molar-refractivity contribution in [3.63, 3.8) is 0 Å². The Labute approximate surface area is 142 Å². The van der Waals surface area contributed by atoms with Crippen LogP contribution in [0.3, 0.4) is 0 Å². The van der Waals surface area contributed by atoms with E-state index in [1.807, 2.05) is 24.3 Å². The van der Waals surface area contributed by atoms with E-state index in [4.69, 9.17) is 0 Å². The number of halogens is 1. The molecule has 0 radical (unpaired) electrons. The van der Waals surface area contributed by atoms with E-state index in [2.05, 4.69) is 45.3 Å². The number of anilines is 1. The van der Waals surface area contributed by atoms with Crippen molar-refractivity contribution >= 4 is 38.3 Å². The Morgan fingerprint density at radius 3 is 2.45 bits per heavy atom. The summed E-state index contributed by atoms with van der Waals surface area (Å²) in [5.74, 6) is 0.361. The smallest absolute Gasteiger partial charge is 0.236 e. The Balaban J connectivity index is 1.80. The molecule has 1 aromatic heterocycles. The average molecular weight is 380 g/mol. The van der Waals surface area contributed by atoms with Crippen molar-refractivity contribution in [3.8, 4) is 0 Å². The number of benzene rings is 1. The van der Waals surface area contributed by atoms with Gasteiger partial charge in [0.25, 0.3) is 0 Å². The van der Waals surface area contributed by atoms with Crippen molar-refractivity contribution in [2.24, 2.45) is 0 Å². The van der Waals surface area contributed by atoms with Crippen molar-refractivity contribution in [2.45, 2.75) is 44.4 Å². The summed E-state index contributed by atoms with van der Waals surface area (Å²) in [6, 6.07) is 8.04. The van der Waals surface area contributed by atoms with E-state index in [-0.39, 0.29) is 5.91 Å². The van der Waals surface area contributed by atoms with E-state index in [0.29, 0.717) is 11.0 Å². The molecule has 1 heterocycles. The van der Waals surface area contributed by atoms with Crippen molar-refractivity contribution in [1.29, 1.82) is 0 Å². The summed E-state index contributed by atoms with van der Waals surface area (Å²) in [5.41, 5.74) is 0.665. The number of amides is 1. The van der Waals surface area contributed by atoms with Gasteiger partial charge in [0.15, 0.2) is 0 Å². The van der Waals surface area contributed by atoms with Crippen molar-refractivity contribution in [3.05, 3.63) is 39.3 Å². The molecule has 0 bridgehead atoms. The van der Waals surface area contributed by atoms with Gasteiger partial charge in [-0.15, -0.1) is 10.2 Å². The van der Waals surface area contributed by atoms with Gasteiger partial charge in [0.1, 0.15) is 5.01 Å². The summed E-state index contributed by atoms with van der Waals surface area (Å²) in [5, 5.41) is 12.7. The summed E-state index contributed by atoms with van der Waals surface area (Å²) in [4.78, 5) is 12.8. The number of nitrogens with zero attached hydrogens (tertiary/aromatic N) is 2. The quantitative estimate of drug-likeness (QED) is 0.851. The zero-order valence-electron chi connectivity index (χ0n) is 12.6. The van der Waals surface area contributed by atoms with Gasteiger partial charge in [0.2, 0.25) is 11.0 Å². The first-order valence-electron chi connectivity index (χ1n) is 7.42. The van der Waals surface area contributed by atoms with Crippen LogP contribution >= 0.6 is 27.3 Å². The summed E-state index contributed by atoms with van der Waals surface area (Å²) in [7, 11) is 0. The van der Waals surface area contributed by atoms with Gasteiger partial charge in [-0.25, -0.2) is 0 Å². The van der Waals surface area contributed by atoms with Crippen LogP contribution in [0.25, 0.3) is 0 Å². The number of rotatable bonds is 4. The number of hydrogen-bond donors (Lipinski definition) is 1. The molecular weight excluding hydrogens is 362 g/mol. The number of carbonyl (C=O) groups excluding carboxylic acids is 1. The van der Waals surface area contributed by atoms with Crippen LogP contribution in [0.1, 0.15) is 49.6 Å². The predicted octanol–water partition coefficient (Wildman–Crippen LogP) is 4.48. The highest BCUT2D eigenvalue weighted by atomic mass is 79.9. The van der Waals surface area contributed by atoms with E-state index in [1.165, 1.54) is 11.3 Å². The van der Waals surface area contributed by atoms with E-state index in [9.17, 15) is 4.79 Å². The first-order valence-corrected chi connectivity index (χ1v) is 9.03. The topological polar surface area (TPSA) is 54.9 Å². The van der Waals surface area contributed by atoms with Crippen LogP contribution in [-0.4, -0.2) is 16.1 Å². The highest BCUT2D eigenvalue weighted by molar-refractivity contribution is 9.10. The highest BCUT2D eigenvalue weighted by Crippen LogP contribution is 2.45. The second-order valence-electron chi connectivity index (χ2n) is 6.00. The molecule has 1 N–H and O–H groups in total. The van der Waals surface area contributed by atoms with E-state index >= 15 is 0 Å². The lowest BCUT2D eigenvalue weighted by molar-refractivity contribution is -0.124. The van der Waals surface area contributed by atoms with Crippen LogP contribution in [0.15, 0.2) is 28.7 Å². The van der Waals surface area contributed by atoms with Gasteiger partial charge in [-0.2, -0.15) is 0 Å². The van der Waals surface area contributed by atoms with Gasteiger partial charge in [-0.1, -0.05) is 59.7 Å². The molecular formula is C16H18BrN3OS. The number of aromatic nitrogens is 2. The van der Waals surface area contributed by atoms with Crippen LogP contribution in [-0.2, 0) is 10.2 Å². The molecule has 1 aromatic carbocycles. The Hall–Kier alpha value is -1.27. The van der Waals surface area contributed by atoms with Crippen molar-refractivity contribution in [1.82, 2.24) is 10.2 Å². The minimum Gasteiger partial charge on any atom is -0.300 e. The molecule has 0 unspecified atom stereocenters. The lowest BCUT2D eigenvalue weighted by Crippen LogP contribution is -2.46. The first-order chi connectivity index (χ1) is 10.5. The van der Waals surface area contributed by atoms with Crippen LogP contribution in [0.5, 0.6) is 0 Å². The largest absolute Gasteiger partial charge is 0.300 e. The second-order valence-corrected chi connectivity index (χ2v) is 7.92. The zero-order chi connectivity index (χ0) is 15.7. The normalized spacial score (nSPS) is 16.4. The van der Waals surface area contributed by atoms with Crippen molar-refractivity contribution in [2.75, 3.05) is 5.32 Å². The Morgan fingerprint density at radius 1 is 1.27 bits per heavy atom. The molecule has 1 fully saturated rings. The summed E-state index contributed by atoms with van der Waals surface area (Å²) < 4.78 is 1.02. The standard InChI is InChI=1S/C16H18BrN3OS/c1-10(2)13-19-20-15(22-13)18-14(21)16(8-3-9-16)11-4-6-12(17)7-5-11/h4-7,10H,3,8-9H2,1-2H3,(H,18,20,21). The SMILES string of the molecule is CC(C)c1nnc(NC(=O)C2(c3ccc(Br)cc3)CCC2)s1. The highest BCUT2D eigenvalue weighted by Gasteiger charge is 2.45. The third-order valence-electron chi connectivity index (χ3n) is 4.19. The minimum absolute atomic E-state index is 0.0347. The van der Waals surface area contributed by atoms with Gasteiger partial charge >= 0.3 is 0 Å². The molecule has 1 aliphatic rings. The minimum atomic E-state index is -0.412. The van der Waals surface area contributed by atoms with Gasteiger partial charge in [0.05, 0.1) is 5.41 Å². The molecule has 2 aromatic rings. The first kappa shape index (κ1) is 15.6. The predicted molar refractivity (Wildman–Crippen MR) is 92.3 cm³/mol. The maximum Gasteiger partial charge on any atom is 0.236 e. The number of nitrogens with one attached hydrogen (secondary N) is 1. The molecule has 1 amide bonds.